The molecular formula is C12H12O4. The molecule has 4 nitrogen and oxygen atoms in total. The van der Waals surface area contributed by atoms with E-state index in [-0.39, 0.29) is 11.1 Å². The number of allylic oxidation sites excluding steroid dienone is 4. The normalized spacial score (nSPS) is 26.8. The van der Waals surface area contributed by atoms with Crippen LogP contribution in [0.3, 0.4) is 0 Å². The molecule has 0 heterocycles. The van der Waals surface area contributed by atoms with E-state index in [2.05, 4.69) is 0 Å². The van der Waals surface area contributed by atoms with E-state index in [9.17, 15) is 9.59 Å². The minimum absolute atomic E-state index is 0.219. The van der Waals surface area contributed by atoms with E-state index in [0.29, 0.717) is 12.8 Å². The van der Waals surface area contributed by atoms with Crippen molar-refractivity contribution in [3.05, 3.63) is 47.6 Å². The fourth-order valence-electron chi connectivity index (χ4n) is 1.23. The minimum Gasteiger partial charge on any atom is -0.478 e. The summed E-state index contributed by atoms with van der Waals surface area (Å²) in [5, 5.41) is 17.6. The lowest BCUT2D eigenvalue weighted by molar-refractivity contribution is -0.133. The van der Waals surface area contributed by atoms with E-state index in [4.69, 9.17) is 10.2 Å². The fourth-order valence-corrected chi connectivity index (χ4v) is 1.23. The maximum absolute atomic E-state index is 10.7. The van der Waals surface area contributed by atoms with Crippen molar-refractivity contribution in [3.63, 3.8) is 0 Å². The van der Waals surface area contributed by atoms with Gasteiger partial charge in [-0.05, 0) is 12.8 Å². The zero-order chi connectivity index (χ0) is 12.0. The lowest BCUT2D eigenvalue weighted by Crippen LogP contribution is -1.99. The molecule has 1 aliphatic rings. The number of hydrogen-bond acceptors (Lipinski definition) is 2. The van der Waals surface area contributed by atoms with Crippen molar-refractivity contribution in [2.24, 2.45) is 0 Å². The van der Waals surface area contributed by atoms with Gasteiger partial charge in [0.15, 0.2) is 0 Å². The lowest BCUT2D eigenvalue weighted by Gasteiger charge is -1.97. The first-order chi connectivity index (χ1) is 7.61. The van der Waals surface area contributed by atoms with Crippen molar-refractivity contribution in [2.45, 2.75) is 12.8 Å². The second-order valence-electron chi connectivity index (χ2n) is 3.21. The summed E-state index contributed by atoms with van der Waals surface area (Å²) in [6, 6.07) is 0. The van der Waals surface area contributed by atoms with Gasteiger partial charge in [-0.1, -0.05) is 36.5 Å². The Morgan fingerprint density at radius 3 is 1.56 bits per heavy atom. The number of carboxylic acid groups (broad SMARTS) is 2. The van der Waals surface area contributed by atoms with Crippen molar-refractivity contribution in [1.29, 1.82) is 0 Å². The summed E-state index contributed by atoms with van der Waals surface area (Å²) in [5.74, 6) is -1.96. The molecule has 0 spiro atoms. The Kier molecular flexibility index (Phi) is 4.27. The van der Waals surface area contributed by atoms with E-state index in [1.54, 1.807) is 24.3 Å². The van der Waals surface area contributed by atoms with Gasteiger partial charge in [0.05, 0.1) is 11.1 Å². The molecule has 0 aromatic rings. The highest BCUT2D eigenvalue weighted by atomic mass is 16.4. The number of carbonyl (C=O) groups is 2. The Morgan fingerprint density at radius 1 is 0.875 bits per heavy atom. The molecule has 0 aromatic carbocycles. The van der Waals surface area contributed by atoms with Crippen LogP contribution >= 0.6 is 0 Å². The Morgan fingerprint density at radius 2 is 1.25 bits per heavy atom. The molecule has 0 saturated carbocycles. The van der Waals surface area contributed by atoms with Gasteiger partial charge in [-0.2, -0.15) is 0 Å². The van der Waals surface area contributed by atoms with Gasteiger partial charge in [-0.25, -0.2) is 9.59 Å². The third-order valence-electron chi connectivity index (χ3n) is 2.04. The second-order valence-corrected chi connectivity index (χ2v) is 3.21. The van der Waals surface area contributed by atoms with Gasteiger partial charge in [-0.3, -0.25) is 0 Å². The average Bonchev–Trinajstić information content (AvgIpc) is 2.24. The van der Waals surface area contributed by atoms with Gasteiger partial charge in [-0.15, -0.1) is 0 Å². The highest BCUT2D eigenvalue weighted by Crippen LogP contribution is 2.07. The number of rotatable bonds is 2. The number of hydrogen-bond donors (Lipinski definition) is 2. The van der Waals surface area contributed by atoms with E-state index in [1.807, 2.05) is 0 Å². The molecule has 0 bridgehead atoms. The number of aliphatic carboxylic acids is 2. The van der Waals surface area contributed by atoms with Gasteiger partial charge in [0.25, 0.3) is 0 Å². The predicted molar refractivity (Wildman–Crippen MR) is 59.0 cm³/mol. The summed E-state index contributed by atoms with van der Waals surface area (Å²) in [7, 11) is 0. The van der Waals surface area contributed by atoms with E-state index in [0.717, 1.165) is 0 Å². The SMILES string of the molecule is O=C(O)C1=C/C/C=C\C(C(=O)O)=C/C/C=C\1. The first-order valence-corrected chi connectivity index (χ1v) is 4.81. The third-order valence-corrected chi connectivity index (χ3v) is 2.04. The average molecular weight is 220 g/mol. The van der Waals surface area contributed by atoms with Crippen molar-refractivity contribution in [3.8, 4) is 0 Å². The smallest absolute Gasteiger partial charge is 0.335 e. The van der Waals surface area contributed by atoms with Crippen LogP contribution in [-0.4, -0.2) is 22.2 Å². The zero-order valence-corrected chi connectivity index (χ0v) is 8.59. The molecule has 0 radical (unpaired) electrons. The van der Waals surface area contributed by atoms with Gasteiger partial charge in [0.1, 0.15) is 0 Å². The molecule has 0 fully saturated rings. The summed E-state index contributed by atoms with van der Waals surface area (Å²) < 4.78 is 0. The summed E-state index contributed by atoms with van der Waals surface area (Å²) >= 11 is 0. The zero-order valence-electron chi connectivity index (χ0n) is 8.59. The fraction of sp³-hybridized carbons (Fsp3) is 0.167. The van der Waals surface area contributed by atoms with Crippen molar-refractivity contribution >= 4 is 11.9 Å². The third kappa shape index (κ3) is 3.57. The topological polar surface area (TPSA) is 74.6 Å². The van der Waals surface area contributed by atoms with Crippen LogP contribution in [0.25, 0.3) is 0 Å². The maximum Gasteiger partial charge on any atom is 0.335 e. The van der Waals surface area contributed by atoms with Crippen molar-refractivity contribution in [2.75, 3.05) is 0 Å². The van der Waals surface area contributed by atoms with E-state index < -0.39 is 11.9 Å². The van der Waals surface area contributed by atoms with Crippen LogP contribution in [-0.2, 0) is 9.59 Å². The molecule has 2 N–H and O–H groups in total. The first kappa shape index (κ1) is 12.0. The van der Waals surface area contributed by atoms with Crippen LogP contribution < -0.4 is 0 Å². The van der Waals surface area contributed by atoms with Gasteiger partial charge in [0.2, 0.25) is 0 Å². The van der Waals surface area contributed by atoms with Crippen LogP contribution in [0.4, 0.5) is 0 Å². The van der Waals surface area contributed by atoms with Crippen LogP contribution in [0.5, 0.6) is 0 Å². The molecule has 16 heavy (non-hydrogen) atoms. The van der Waals surface area contributed by atoms with E-state index in [1.165, 1.54) is 12.2 Å². The lowest BCUT2D eigenvalue weighted by atomic mass is 10.1. The molecule has 0 unspecified atom stereocenters. The van der Waals surface area contributed by atoms with Gasteiger partial charge >= 0.3 is 11.9 Å². The summed E-state index contributed by atoms with van der Waals surface area (Å²) in [5.41, 5.74) is 0.439. The standard InChI is InChI=1S/C12H12O4/c13-11(14)9-5-1-2-6-10(12(15)16)8-4-3-7-9/h1,4-8H,2-3H2,(H,13,14)(H,15,16)/b5-1-,8-4-,9-7+,10-6+. The summed E-state index contributed by atoms with van der Waals surface area (Å²) in [4.78, 5) is 21.5. The Hall–Kier alpha value is -2.10. The molecular weight excluding hydrogens is 208 g/mol. The molecule has 4 heteroatoms. The van der Waals surface area contributed by atoms with E-state index >= 15 is 0 Å². The first-order valence-electron chi connectivity index (χ1n) is 4.81. The van der Waals surface area contributed by atoms with Gasteiger partial charge < -0.3 is 10.2 Å². The quantitative estimate of drug-likeness (QED) is 0.745. The molecule has 0 aromatic heterocycles. The van der Waals surface area contributed by atoms with Crippen LogP contribution in [0, 0.1) is 0 Å². The molecule has 0 amide bonds. The highest BCUT2D eigenvalue weighted by Gasteiger charge is 2.04. The predicted octanol–water partition coefficient (Wildman–Crippen LogP) is 1.91. The highest BCUT2D eigenvalue weighted by molar-refractivity contribution is 5.90. The molecule has 0 saturated heterocycles. The Labute approximate surface area is 92.9 Å². The monoisotopic (exact) mass is 220 g/mol. The minimum atomic E-state index is -0.979. The van der Waals surface area contributed by atoms with Crippen LogP contribution in [0.2, 0.25) is 0 Å². The molecule has 1 rings (SSSR count). The molecule has 0 atom stereocenters. The Balaban J connectivity index is 2.87. The number of carboxylic acids is 2. The van der Waals surface area contributed by atoms with Crippen molar-refractivity contribution < 1.29 is 19.8 Å². The van der Waals surface area contributed by atoms with Crippen LogP contribution in [0.15, 0.2) is 47.6 Å². The van der Waals surface area contributed by atoms with Crippen LogP contribution in [0.1, 0.15) is 12.8 Å². The summed E-state index contributed by atoms with van der Waals surface area (Å²) in [6.45, 7) is 0. The van der Waals surface area contributed by atoms with Crippen molar-refractivity contribution in [1.82, 2.24) is 0 Å². The molecule has 0 aliphatic heterocycles. The van der Waals surface area contributed by atoms with Gasteiger partial charge in [0, 0.05) is 0 Å². The maximum atomic E-state index is 10.7. The molecule has 84 valence electrons. The second kappa shape index (κ2) is 5.70. The molecule has 1 aliphatic carbocycles. The largest absolute Gasteiger partial charge is 0.478 e. The Bertz CT molecular complexity index is 371. The summed E-state index contributed by atoms with van der Waals surface area (Å²) in [6.07, 6.45) is 10.1.